The van der Waals surface area contributed by atoms with Crippen LogP contribution in [-0.2, 0) is 9.53 Å². The molecule has 4 nitrogen and oxygen atoms in total. The van der Waals surface area contributed by atoms with Gasteiger partial charge in [-0.25, -0.2) is 0 Å². The van der Waals surface area contributed by atoms with Gasteiger partial charge in [0.25, 0.3) is 0 Å². The van der Waals surface area contributed by atoms with Crippen molar-refractivity contribution in [1.82, 2.24) is 0 Å². The predicted octanol–water partition coefficient (Wildman–Crippen LogP) is 1.01. The van der Waals surface area contributed by atoms with Crippen molar-refractivity contribution in [3.63, 3.8) is 0 Å². The molecule has 1 unspecified atom stereocenters. The van der Waals surface area contributed by atoms with Crippen molar-refractivity contribution in [2.45, 2.75) is 12.5 Å². The van der Waals surface area contributed by atoms with Crippen LogP contribution >= 0.6 is 0 Å². The van der Waals surface area contributed by atoms with Crippen LogP contribution in [0.1, 0.15) is 6.42 Å². The molecule has 0 aliphatic rings. The number of hydrogen-bond donors (Lipinski definition) is 1. The first kappa shape index (κ1) is 12.7. The Labute approximate surface area is 96.0 Å². The Morgan fingerprint density at radius 1 is 1.44 bits per heavy atom. The van der Waals surface area contributed by atoms with Crippen molar-refractivity contribution in [2.24, 2.45) is 5.73 Å². The van der Waals surface area contributed by atoms with Crippen molar-refractivity contribution in [3.8, 4) is 0 Å². The third kappa shape index (κ3) is 3.32. The highest BCUT2D eigenvalue weighted by atomic mass is 16.5. The summed E-state index contributed by atoms with van der Waals surface area (Å²) in [5.74, 6) is -0.0942. The van der Waals surface area contributed by atoms with E-state index in [1.165, 1.54) is 0 Å². The number of hydrogen-bond acceptors (Lipinski definition) is 3. The molecule has 0 radical (unpaired) electrons. The lowest BCUT2D eigenvalue weighted by Crippen LogP contribution is -2.42. The predicted molar refractivity (Wildman–Crippen MR) is 64.3 cm³/mol. The van der Waals surface area contributed by atoms with Crippen LogP contribution in [0.4, 0.5) is 5.69 Å². The molecule has 0 heterocycles. The number of likely N-dealkylation sites (N-methyl/N-ethyl adjacent to an activating group) is 1. The summed E-state index contributed by atoms with van der Waals surface area (Å²) in [6, 6.07) is 8.93. The number of carbonyl (C=O) groups excluding carboxylic acids is 1. The molecule has 1 rings (SSSR count). The summed E-state index contributed by atoms with van der Waals surface area (Å²) in [7, 11) is 3.32. The summed E-state index contributed by atoms with van der Waals surface area (Å²) in [5, 5.41) is 0. The summed E-state index contributed by atoms with van der Waals surface area (Å²) in [6.07, 6.45) is 0.534. The number of nitrogens with zero attached hydrogens (tertiary/aromatic N) is 1. The normalized spacial score (nSPS) is 12.2. The van der Waals surface area contributed by atoms with Gasteiger partial charge in [-0.1, -0.05) is 18.2 Å². The van der Waals surface area contributed by atoms with Gasteiger partial charge in [-0.05, 0) is 18.6 Å². The van der Waals surface area contributed by atoms with Gasteiger partial charge in [-0.3, -0.25) is 4.79 Å². The van der Waals surface area contributed by atoms with Gasteiger partial charge in [0, 0.05) is 26.5 Å². The Balaban J connectivity index is 2.60. The Morgan fingerprint density at radius 2 is 2.06 bits per heavy atom. The van der Waals surface area contributed by atoms with Crippen LogP contribution in [0.25, 0.3) is 0 Å². The van der Waals surface area contributed by atoms with E-state index < -0.39 is 6.04 Å². The third-order valence-electron chi connectivity index (χ3n) is 2.42. The van der Waals surface area contributed by atoms with E-state index in [1.807, 2.05) is 30.3 Å². The molecule has 0 aliphatic carbocycles. The Morgan fingerprint density at radius 3 is 2.62 bits per heavy atom. The number of amides is 1. The number of methoxy groups -OCH3 is 1. The zero-order chi connectivity index (χ0) is 12.0. The molecule has 0 bridgehead atoms. The second kappa shape index (κ2) is 6.25. The van der Waals surface area contributed by atoms with Gasteiger partial charge in [-0.15, -0.1) is 0 Å². The minimum absolute atomic E-state index is 0.0942. The molecule has 0 saturated heterocycles. The highest BCUT2D eigenvalue weighted by molar-refractivity contribution is 5.96. The maximum absolute atomic E-state index is 11.9. The molecule has 0 saturated carbocycles. The number of anilines is 1. The van der Waals surface area contributed by atoms with E-state index in [9.17, 15) is 4.79 Å². The highest BCUT2D eigenvalue weighted by Gasteiger charge is 2.18. The van der Waals surface area contributed by atoms with Gasteiger partial charge in [-0.2, -0.15) is 0 Å². The van der Waals surface area contributed by atoms with Crippen molar-refractivity contribution in [2.75, 3.05) is 25.7 Å². The second-order valence-corrected chi connectivity index (χ2v) is 3.62. The lowest BCUT2D eigenvalue weighted by molar-refractivity contribution is -0.119. The summed E-state index contributed by atoms with van der Waals surface area (Å²) in [6.45, 7) is 0.496. The Kier molecular flexibility index (Phi) is 4.95. The topological polar surface area (TPSA) is 55.6 Å². The lowest BCUT2D eigenvalue weighted by Gasteiger charge is -2.21. The maximum atomic E-state index is 11.9. The number of rotatable bonds is 5. The van der Waals surface area contributed by atoms with Crippen LogP contribution in [0.5, 0.6) is 0 Å². The highest BCUT2D eigenvalue weighted by Crippen LogP contribution is 2.12. The molecule has 1 amide bonds. The molecule has 0 aliphatic heterocycles. The standard InChI is InChI=1S/C12H18N2O2/c1-14(10-6-4-3-5-7-10)12(15)11(13)8-9-16-2/h3-7,11H,8-9,13H2,1-2H3. The van der Waals surface area contributed by atoms with Gasteiger partial charge >= 0.3 is 0 Å². The maximum Gasteiger partial charge on any atom is 0.243 e. The first-order valence-electron chi connectivity index (χ1n) is 5.24. The number of ether oxygens (including phenoxy) is 1. The minimum Gasteiger partial charge on any atom is -0.385 e. The molecule has 1 aromatic carbocycles. The minimum atomic E-state index is -0.509. The molecule has 0 aromatic heterocycles. The van der Waals surface area contributed by atoms with Crippen LogP contribution in [0, 0.1) is 0 Å². The van der Waals surface area contributed by atoms with Crippen molar-refractivity contribution < 1.29 is 9.53 Å². The first-order chi connectivity index (χ1) is 7.66. The van der Waals surface area contributed by atoms with Crippen molar-refractivity contribution >= 4 is 11.6 Å². The van der Waals surface area contributed by atoms with Gasteiger partial charge in [0.05, 0.1) is 6.04 Å². The summed E-state index contributed by atoms with van der Waals surface area (Å²) in [4.78, 5) is 13.5. The van der Waals surface area contributed by atoms with Crippen LogP contribution in [-0.4, -0.2) is 32.7 Å². The zero-order valence-electron chi connectivity index (χ0n) is 9.72. The van der Waals surface area contributed by atoms with E-state index in [1.54, 1.807) is 19.1 Å². The van der Waals surface area contributed by atoms with E-state index >= 15 is 0 Å². The molecule has 88 valence electrons. The van der Waals surface area contributed by atoms with E-state index in [2.05, 4.69) is 0 Å². The second-order valence-electron chi connectivity index (χ2n) is 3.62. The summed E-state index contributed by atoms with van der Waals surface area (Å²) in [5.41, 5.74) is 6.62. The fourth-order valence-electron chi connectivity index (χ4n) is 1.40. The van der Waals surface area contributed by atoms with Gasteiger partial charge in [0.2, 0.25) is 5.91 Å². The van der Waals surface area contributed by atoms with E-state index in [-0.39, 0.29) is 5.91 Å². The molecular formula is C12H18N2O2. The van der Waals surface area contributed by atoms with Gasteiger partial charge in [0.1, 0.15) is 0 Å². The van der Waals surface area contributed by atoms with Crippen LogP contribution in [0.3, 0.4) is 0 Å². The van der Waals surface area contributed by atoms with Crippen LogP contribution in [0.15, 0.2) is 30.3 Å². The largest absolute Gasteiger partial charge is 0.385 e. The number of benzene rings is 1. The summed E-state index contributed by atoms with van der Waals surface area (Å²) >= 11 is 0. The van der Waals surface area contributed by atoms with Crippen LogP contribution < -0.4 is 10.6 Å². The molecule has 2 N–H and O–H groups in total. The molecule has 4 heteroatoms. The molecule has 1 atom stereocenters. The smallest absolute Gasteiger partial charge is 0.243 e. The van der Waals surface area contributed by atoms with E-state index in [0.717, 1.165) is 5.69 Å². The number of nitrogens with two attached hydrogens (primary N) is 1. The molecule has 1 aromatic rings. The van der Waals surface area contributed by atoms with Gasteiger partial charge in [0.15, 0.2) is 0 Å². The fraction of sp³-hybridized carbons (Fsp3) is 0.417. The Bertz CT molecular complexity index is 327. The number of para-hydroxylation sites is 1. The van der Waals surface area contributed by atoms with E-state index in [4.69, 9.17) is 10.5 Å². The SMILES string of the molecule is COCCC(N)C(=O)N(C)c1ccccc1. The zero-order valence-corrected chi connectivity index (χ0v) is 9.72. The van der Waals surface area contributed by atoms with E-state index in [0.29, 0.717) is 13.0 Å². The van der Waals surface area contributed by atoms with Gasteiger partial charge < -0.3 is 15.4 Å². The molecular weight excluding hydrogens is 204 g/mol. The lowest BCUT2D eigenvalue weighted by atomic mass is 10.2. The quantitative estimate of drug-likeness (QED) is 0.809. The summed E-state index contributed by atoms with van der Waals surface area (Å²) < 4.78 is 4.90. The molecule has 0 fully saturated rings. The number of carbonyl (C=O) groups is 1. The average molecular weight is 222 g/mol. The van der Waals surface area contributed by atoms with Crippen molar-refractivity contribution in [1.29, 1.82) is 0 Å². The third-order valence-corrected chi connectivity index (χ3v) is 2.42. The first-order valence-corrected chi connectivity index (χ1v) is 5.24. The molecule has 16 heavy (non-hydrogen) atoms. The fourth-order valence-corrected chi connectivity index (χ4v) is 1.40. The van der Waals surface area contributed by atoms with Crippen molar-refractivity contribution in [3.05, 3.63) is 30.3 Å². The monoisotopic (exact) mass is 222 g/mol. The Hall–Kier alpha value is -1.39. The molecule has 0 spiro atoms. The average Bonchev–Trinajstić information content (AvgIpc) is 2.35. The van der Waals surface area contributed by atoms with Crippen LogP contribution in [0.2, 0.25) is 0 Å².